The molecule has 19 nitrogen and oxygen atoms in total. The normalized spacial score (nSPS) is 21.2. The number of hydrogen-bond donors (Lipinski definition) is 2. The van der Waals surface area contributed by atoms with E-state index < -0.39 is 35.1 Å². The smallest absolute Gasteiger partial charge is 0.313 e. The first kappa shape index (κ1) is 76.6. The molecule has 0 bridgehead atoms. The van der Waals surface area contributed by atoms with Crippen molar-refractivity contribution >= 4 is 79.8 Å². The second kappa shape index (κ2) is 35.8. The Kier molecular flexibility index (Phi) is 27.7. The van der Waals surface area contributed by atoms with E-state index in [9.17, 15) is 38.7 Å². The third-order valence-corrected chi connectivity index (χ3v) is 21.0. The van der Waals surface area contributed by atoms with Crippen LogP contribution in [-0.4, -0.2) is 135 Å². The van der Waals surface area contributed by atoms with E-state index in [1.807, 2.05) is 53.2 Å². The molecule has 2 saturated carbocycles. The fraction of sp³-hybridized carbons (Fsp3) is 0.513. The molecule has 2 saturated heterocycles. The maximum absolute atomic E-state index is 14.1. The largest absolute Gasteiger partial charge is 0.497 e. The zero-order valence-corrected chi connectivity index (χ0v) is 60.6. The van der Waals surface area contributed by atoms with Gasteiger partial charge >= 0.3 is 11.9 Å². The molecule has 6 aromatic rings. The Morgan fingerprint density at radius 2 is 1.15 bits per heavy atom. The van der Waals surface area contributed by atoms with Crippen LogP contribution in [0.3, 0.4) is 0 Å². The van der Waals surface area contributed by atoms with Crippen molar-refractivity contribution in [2.75, 3.05) is 40.5 Å². The zero-order chi connectivity index (χ0) is 71.6. The number of pyridine rings is 2. The number of nitrogens with one attached hydrogen (secondary N) is 1. The Bertz CT molecular complexity index is 3910. The number of thiazole rings is 2. The van der Waals surface area contributed by atoms with Crippen LogP contribution in [0.15, 0.2) is 115 Å². The van der Waals surface area contributed by atoms with Gasteiger partial charge in [0, 0.05) is 90.9 Å². The number of likely N-dealkylation sites (tertiary alicyclic amines) is 2. The van der Waals surface area contributed by atoms with Gasteiger partial charge in [0.05, 0.1) is 91.1 Å². The number of ketones is 2. The first-order valence-electron chi connectivity index (χ1n) is 35.0. The Morgan fingerprint density at radius 1 is 0.646 bits per heavy atom. The Morgan fingerprint density at radius 3 is 1.66 bits per heavy atom. The van der Waals surface area contributed by atoms with E-state index in [1.165, 1.54) is 16.2 Å². The van der Waals surface area contributed by atoms with Crippen LogP contribution in [0.25, 0.3) is 43.2 Å². The summed E-state index contributed by atoms with van der Waals surface area (Å²) >= 11 is 3.08. The van der Waals surface area contributed by atoms with Crippen molar-refractivity contribution in [1.29, 1.82) is 0 Å². The number of amides is 2. The number of methoxy groups -OCH3 is 2. The minimum Gasteiger partial charge on any atom is -0.497 e. The molecule has 0 unspecified atom stereocenters. The van der Waals surface area contributed by atoms with Crippen molar-refractivity contribution in [3.05, 3.63) is 132 Å². The third kappa shape index (κ3) is 19.2. The van der Waals surface area contributed by atoms with Crippen molar-refractivity contribution in [2.45, 2.75) is 193 Å². The summed E-state index contributed by atoms with van der Waals surface area (Å²) < 4.78 is 28.0. The Labute approximate surface area is 590 Å². The minimum absolute atomic E-state index is 0.00953. The van der Waals surface area contributed by atoms with Gasteiger partial charge < -0.3 is 43.6 Å². The summed E-state index contributed by atoms with van der Waals surface area (Å²) in [5.74, 6) is 1.26. The van der Waals surface area contributed by atoms with Gasteiger partial charge in [-0.2, -0.15) is 0 Å². The van der Waals surface area contributed by atoms with Crippen LogP contribution in [0.2, 0.25) is 0 Å². The fourth-order valence-corrected chi connectivity index (χ4v) is 15.1. The van der Waals surface area contributed by atoms with E-state index in [2.05, 4.69) is 64.0 Å². The molecule has 2 aromatic carbocycles. The van der Waals surface area contributed by atoms with E-state index in [4.69, 9.17) is 33.7 Å². The molecular formula is C78H100N6O13S2. The molecule has 2 aliphatic heterocycles. The van der Waals surface area contributed by atoms with Gasteiger partial charge in [0.1, 0.15) is 39.1 Å². The average molecular weight is 1390 g/mol. The molecule has 4 aliphatic rings. The number of aromatic nitrogens is 4. The Balaban J connectivity index is 0.000000210. The minimum atomic E-state index is -0.911. The highest BCUT2D eigenvalue weighted by Crippen LogP contribution is 2.58. The highest BCUT2D eigenvalue weighted by atomic mass is 32.1. The van der Waals surface area contributed by atoms with Crippen LogP contribution in [0, 0.1) is 22.7 Å². The van der Waals surface area contributed by atoms with Gasteiger partial charge in [-0.15, -0.1) is 49.0 Å². The molecule has 2 amide bonds. The van der Waals surface area contributed by atoms with Crippen molar-refractivity contribution in [1.82, 2.24) is 29.7 Å². The number of benzene rings is 2. The number of esters is 2. The van der Waals surface area contributed by atoms with Crippen molar-refractivity contribution in [2.24, 2.45) is 22.7 Å². The van der Waals surface area contributed by atoms with Crippen LogP contribution >= 0.6 is 22.7 Å². The number of aliphatic hydroxyl groups excluding tert-OH is 1. The predicted molar refractivity (Wildman–Crippen MR) is 390 cm³/mol. The zero-order valence-electron chi connectivity index (χ0n) is 59.0. The summed E-state index contributed by atoms with van der Waals surface area (Å²) in [7, 11) is 3.23. The number of aromatic amines is 1. The molecule has 2 N–H and O–H groups in total. The van der Waals surface area contributed by atoms with E-state index in [0.29, 0.717) is 66.1 Å². The first-order valence-corrected chi connectivity index (χ1v) is 36.8. The second-order valence-electron chi connectivity index (χ2n) is 26.9. The molecule has 8 atom stereocenters. The monoisotopic (exact) mass is 1390 g/mol. The van der Waals surface area contributed by atoms with Gasteiger partial charge in [-0.05, 0) is 113 Å². The predicted octanol–water partition coefficient (Wildman–Crippen LogP) is 15.1. The van der Waals surface area contributed by atoms with E-state index in [0.717, 1.165) is 108 Å². The number of H-pyrrole nitrogens is 1. The SMILES string of the molecule is C=CCCCCCCC(=O)N1C[C@@H](O)C[C@H]1C(=O)C[C@]1(C(=O)OCC)C[C@H]1C=C.C=CCCCCCCC(=O)N1C[C@H](Oc2cc(-c3nc(C(C)C)cs3)nc3cc(OC)ccc23)C[C@H]1C(=O)C[C@]1(C(=O)OCC)C[C@H]1C=C.COc1ccc2c(=O)cc(-c3nc(C(C)C)cs3)[nH]c2c1. The van der Waals surface area contributed by atoms with E-state index >= 15 is 0 Å². The van der Waals surface area contributed by atoms with Crippen molar-refractivity contribution in [3.8, 4) is 38.7 Å². The number of β-amino-alcohol motifs (C(OH)–C–C–N with tert-alkyl or cyclic N) is 1. The molecule has 4 fully saturated rings. The van der Waals surface area contributed by atoms with Crippen LogP contribution in [-0.2, 0) is 38.2 Å². The lowest BCUT2D eigenvalue weighted by molar-refractivity contribution is -0.153. The van der Waals surface area contributed by atoms with Crippen molar-refractivity contribution < 1.29 is 57.6 Å². The van der Waals surface area contributed by atoms with Crippen LogP contribution in [0.1, 0.15) is 180 Å². The first-order chi connectivity index (χ1) is 47.6. The highest BCUT2D eigenvalue weighted by molar-refractivity contribution is 7.13. The van der Waals surface area contributed by atoms with E-state index in [1.54, 1.807) is 74.7 Å². The standard InChI is InChI=1S/C39H49N3O6S.C23H35NO5.C16H16N2O2S/c1-7-10-11-12-13-14-15-36(44)42-23-28(19-33(42)34(43)22-39(21-26(39)8-2)38(45)47-9-3)48-35-20-31(37-41-32(24-49-37)25(4)5)40-30-18-27(46-6)16-17-29(30)35;1-4-7-8-9-10-11-12-21(27)24-16-18(25)13-19(24)20(26)15-23(14-17(23)5-2)22(28)29-6-3;1-9(2)14-8-21-16(18-14)13-7-15(19)11-5-4-10(20-3)6-12(11)17-13/h7-8,16-18,20,24-26,28,33H,1-2,9-15,19,21-23H2,3-6H3;4-5,17-19,25H,1-2,6-16H2,3H3;4-9H,1-3H3,(H,17,19)/t26-,28-,33+,39-;17-,18+,19+,23-;/m11./s1. The number of unbranched alkanes of at least 4 members (excludes halogenated alkanes) is 8. The third-order valence-electron chi connectivity index (χ3n) is 19.2. The maximum atomic E-state index is 14.1. The van der Waals surface area contributed by atoms with Gasteiger partial charge in [-0.1, -0.05) is 77.7 Å². The quantitative estimate of drug-likeness (QED) is 0.0217. The molecule has 0 spiro atoms. The number of fused-ring (bicyclic) bond motifs is 2. The molecule has 21 heteroatoms. The number of nitrogens with zero attached hydrogens (tertiary/aromatic N) is 5. The summed E-state index contributed by atoms with van der Waals surface area (Å²) in [6.45, 7) is 28.0. The molecule has 6 heterocycles. The van der Waals surface area contributed by atoms with Gasteiger partial charge in [0.15, 0.2) is 17.0 Å². The highest BCUT2D eigenvalue weighted by Gasteiger charge is 2.62. The van der Waals surface area contributed by atoms with Crippen LogP contribution in [0.4, 0.5) is 0 Å². The summed E-state index contributed by atoms with van der Waals surface area (Å²) in [5.41, 5.74) is 3.16. The number of ether oxygens (including phenoxy) is 5. The van der Waals surface area contributed by atoms with Gasteiger partial charge in [-0.3, -0.25) is 33.6 Å². The molecule has 2 aliphatic carbocycles. The summed E-state index contributed by atoms with van der Waals surface area (Å²) in [5, 5.41) is 17.2. The molecule has 99 heavy (non-hydrogen) atoms. The molecule has 10 rings (SSSR count). The van der Waals surface area contributed by atoms with Crippen LogP contribution < -0.4 is 19.6 Å². The molecule has 4 aromatic heterocycles. The fourth-order valence-electron chi connectivity index (χ4n) is 13.2. The number of aliphatic hydroxyl groups is 1. The van der Waals surface area contributed by atoms with Crippen molar-refractivity contribution in [3.63, 3.8) is 0 Å². The average Bonchev–Trinajstić information content (AvgIpc) is 1.60. The van der Waals surface area contributed by atoms with E-state index in [-0.39, 0.29) is 104 Å². The number of hydrogen-bond acceptors (Lipinski definition) is 18. The topological polar surface area (TPSA) is 247 Å². The summed E-state index contributed by atoms with van der Waals surface area (Å²) in [6.07, 6.45) is 18.1. The van der Waals surface area contributed by atoms with Gasteiger partial charge in [-0.25, -0.2) is 15.0 Å². The lowest BCUT2D eigenvalue weighted by Gasteiger charge is -2.25. The summed E-state index contributed by atoms with van der Waals surface area (Å²) in [4.78, 5) is 112. The molecule has 532 valence electrons. The lowest BCUT2D eigenvalue weighted by atomic mass is 9.92. The van der Waals surface area contributed by atoms with Gasteiger partial charge in [0.2, 0.25) is 11.8 Å². The molecule has 0 radical (unpaired) electrons. The number of carbonyl (C=O) groups is 6. The maximum Gasteiger partial charge on any atom is 0.313 e. The number of Topliss-reactive ketones (excluding diaryl/α,β-unsaturated/α-hetero) is 2. The number of carbonyl (C=O) groups excluding carboxylic acids is 6. The number of allylic oxidation sites excluding steroid dienone is 4. The molecular weight excluding hydrogens is 1290 g/mol. The number of rotatable bonds is 34. The summed E-state index contributed by atoms with van der Waals surface area (Å²) in [6, 6.07) is 13.2. The second-order valence-corrected chi connectivity index (χ2v) is 28.6. The Hall–Kier alpha value is -8.14. The lowest BCUT2D eigenvalue weighted by Crippen LogP contribution is -2.42. The van der Waals surface area contributed by atoms with Crippen LogP contribution in [0.5, 0.6) is 17.2 Å². The van der Waals surface area contributed by atoms with Gasteiger partial charge in [0.25, 0.3) is 0 Å².